The average molecular weight is 260 g/mol. The van der Waals surface area contributed by atoms with Crippen LogP contribution in [0.1, 0.15) is 13.3 Å². The van der Waals surface area contributed by atoms with E-state index in [0.29, 0.717) is 22.2 Å². The molecule has 1 aromatic carbocycles. The molecule has 16 heavy (non-hydrogen) atoms. The number of ether oxygens (including phenoxy) is 1. The molecule has 0 bridgehead atoms. The molecule has 0 radical (unpaired) electrons. The first kappa shape index (κ1) is 12.9. The van der Waals surface area contributed by atoms with Crippen molar-refractivity contribution in [1.29, 1.82) is 0 Å². The molecule has 0 spiro atoms. The molecular formula is C11H11Cl2NO2. The molecule has 1 aromatic rings. The molecule has 1 amide bonds. The molecule has 0 fully saturated rings. The summed E-state index contributed by atoms with van der Waals surface area (Å²) < 4.78 is 4.95. The monoisotopic (exact) mass is 259 g/mol. The first-order valence-electron chi connectivity index (χ1n) is 4.71. The van der Waals surface area contributed by atoms with Gasteiger partial charge in [0.2, 0.25) is 0 Å². The summed E-state index contributed by atoms with van der Waals surface area (Å²) in [5.74, 6) is 0.308. The van der Waals surface area contributed by atoms with Gasteiger partial charge in [0.05, 0.1) is 5.02 Å². The first-order valence-corrected chi connectivity index (χ1v) is 5.46. The summed E-state index contributed by atoms with van der Waals surface area (Å²) in [5.41, 5.74) is 0. The minimum absolute atomic E-state index is 0.308. The van der Waals surface area contributed by atoms with E-state index in [2.05, 4.69) is 5.32 Å². The van der Waals surface area contributed by atoms with Gasteiger partial charge in [-0.2, -0.15) is 0 Å². The molecule has 0 aliphatic heterocycles. The van der Waals surface area contributed by atoms with E-state index in [4.69, 9.17) is 27.9 Å². The fourth-order valence-corrected chi connectivity index (χ4v) is 1.12. The van der Waals surface area contributed by atoms with Crippen LogP contribution in [0.25, 0.3) is 0 Å². The van der Waals surface area contributed by atoms with Crippen molar-refractivity contribution in [3.05, 3.63) is 40.5 Å². The Bertz CT molecular complexity index is 405. The molecule has 1 rings (SSSR count). The van der Waals surface area contributed by atoms with Gasteiger partial charge in [0.15, 0.2) is 5.75 Å². The van der Waals surface area contributed by atoms with Crippen LogP contribution in [-0.4, -0.2) is 6.09 Å². The molecular weight excluding hydrogens is 249 g/mol. The van der Waals surface area contributed by atoms with Crippen molar-refractivity contribution in [2.75, 3.05) is 0 Å². The molecule has 0 aromatic heterocycles. The van der Waals surface area contributed by atoms with Crippen molar-refractivity contribution in [2.45, 2.75) is 13.3 Å². The van der Waals surface area contributed by atoms with Crippen LogP contribution in [0, 0.1) is 0 Å². The number of amides is 1. The zero-order chi connectivity index (χ0) is 12.0. The zero-order valence-corrected chi connectivity index (χ0v) is 10.2. The van der Waals surface area contributed by atoms with Gasteiger partial charge in [-0.15, -0.1) is 0 Å². The first-order chi connectivity index (χ1) is 7.63. The maximum absolute atomic E-state index is 11.3. The fourth-order valence-electron chi connectivity index (χ4n) is 0.896. The topological polar surface area (TPSA) is 38.3 Å². The minimum atomic E-state index is -0.625. The van der Waals surface area contributed by atoms with Crippen molar-refractivity contribution < 1.29 is 9.53 Å². The lowest BCUT2D eigenvalue weighted by Gasteiger charge is -2.05. The number of para-hydroxylation sites is 1. The third-order valence-electron chi connectivity index (χ3n) is 1.72. The standard InChI is InChI=1S/C11H11Cl2NO2/c1-2-8(12)7-14-11(15)16-10-6-4-3-5-9(10)13/h3-7H,2H2,1H3,(H,14,15). The second kappa shape index (κ2) is 6.40. The van der Waals surface area contributed by atoms with Crippen LogP contribution in [0.3, 0.4) is 0 Å². The van der Waals surface area contributed by atoms with E-state index in [0.717, 1.165) is 0 Å². The Hall–Kier alpha value is -1.19. The summed E-state index contributed by atoms with van der Waals surface area (Å²) >= 11 is 11.5. The van der Waals surface area contributed by atoms with Crippen molar-refractivity contribution >= 4 is 29.3 Å². The maximum atomic E-state index is 11.3. The number of hydrogen-bond acceptors (Lipinski definition) is 2. The Morgan fingerprint density at radius 1 is 1.50 bits per heavy atom. The van der Waals surface area contributed by atoms with Crippen molar-refractivity contribution in [2.24, 2.45) is 0 Å². The second-order valence-corrected chi connectivity index (χ2v) is 3.80. The van der Waals surface area contributed by atoms with Crippen LogP contribution in [0.4, 0.5) is 4.79 Å². The molecule has 0 unspecified atom stereocenters. The fraction of sp³-hybridized carbons (Fsp3) is 0.182. The lowest BCUT2D eigenvalue weighted by atomic mass is 10.3. The van der Waals surface area contributed by atoms with Gasteiger partial charge in [0.1, 0.15) is 0 Å². The summed E-state index contributed by atoms with van der Waals surface area (Å²) in [7, 11) is 0. The summed E-state index contributed by atoms with van der Waals surface area (Å²) in [4.78, 5) is 11.3. The molecule has 0 aliphatic rings. The lowest BCUT2D eigenvalue weighted by Crippen LogP contribution is -2.21. The minimum Gasteiger partial charge on any atom is -0.409 e. The summed E-state index contributed by atoms with van der Waals surface area (Å²) in [5, 5.41) is 3.31. The highest BCUT2D eigenvalue weighted by molar-refractivity contribution is 6.32. The SMILES string of the molecule is CCC(Cl)=CNC(=O)Oc1ccccc1Cl. The van der Waals surface area contributed by atoms with Crippen LogP contribution in [0.15, 0.2) is 35.5 Å². The van der Waals surface area contributed by atoms with E-state index in [1.54, 1.807) is 24.3 Å². The van der Waals surface area contributed by atoms with Crippen molar-refractivity contribution in [1.82, 2.24) is 5.32 Å². The van der Waals surface area contributed by atoms with Gasteiger partial charge in [-0.1, -0.05) is 42.3 Å². The van der Waals surface area contributed by atoms with E-state index >= 15 is 0 Å². The smallest absolute Gasteiger partial charge is 0.409 e. The van der Waals surface area contributed by atoms with E-state index in [1.165, 1.54) is 6.20 Å². The highest BCUT2D eigenvalue weighted by atomic mass is 35.5. The molecule has 0 saturated carbocycles. The number of nitrogens with one attached hydrogen (secondary N) is 1. The van der Waals surface area contributed by atoms with Gasteiger partial charge in [0.25, 0.3) is 0 Å². The summed E-state index contributed by atoms with van der Waals surface area (Å²) in [6, 6.07) is 6.72. The summed E-state index contributed by atoms with van der Waals surface area (Å²) in [6.45, 7) is 1.87. The lowest BCUT2D eigenvalue weighted by molar-refractivity contribution is 0.204. The molecule has 0 saturated heterocycles. The Balaban J connectivity index is 2.56. The largest absolute Gasteiger partial charge is 0.416 e. The highest BCUT2D eigenvalue weighted by Gasteiger charge is 2.05. The second-order valence-electron chi connectivity index (χ2n) is 2.91. The van der Waals surface area contributed by atoms with Gasteiger partial charge >= 0.3 is 6.09 Å². The number of rotatable bonds is 3. The Kier molecular flexibility index (Phi) is 5.15. The molecule has 3 nitrogen and oxygen atoms in total. The van der Waals surface area contributed by atoms with E-state index < -0.39 is 6.09 Å². The summed E-state index contributed by atoms with van der Waals surface area (Å²) in [6.07, 6.45) is 1.41. The molecule has 5 heteroatoms. The third-order valence-corrected chi connectivity index (χ3v) is 2.41. The van der Waals surface area contributed by atoms with Crippen molar-refractivity contribution in [3.63, 3.8) is 0 Å². The zero-order valence-electron chi connectivity index (χ0n) is 8.67. The van der Waals surface area contributed by atoms with Crippen LogP contribution in [0.2, 0.25) is 5.02 Å². The van der Waals surface area contributed by atoms with Gasteiger partial charge in [-0.3, -0.25) is 5.32 Å². The normalized spacial score (nSPS) is 11.1. The molecule has 0 atom stereocenters. The van der Waals surface area contributed by atoms with Crippen molar-refractivity contribution in [3.8, 4) is 5.75 Å². The Morgan fingerprint density at radius 3 is 2.81 bits per heavy atom. The number of benzene rings is 1. The van der Waals surface area contributed by atoms with E-state index in [1.807, 2.05) is 6.92 Å². The van der Waals surface area contributed by atoms with Gasteiger partial charge in [-0.05, 0) is 18.6 Å². The van der Waals surface area contributed by atoms with E-state index in [-0.39, 0.29) is 0 Å². The maximum Gasteiger partial charge on any atom is 0.416 e. The van der Waals surface area contributed by atoms with Crippen LogP contribution in [-0.2, 0) is 0 Å². The predicted octanol–water partition coefficient (Wildman–Crippen LogP) is 3.92. The molecule has 1 N–H and O–H groups in total. The quantitative estimate of drug-likeness (QED) is 0.894. The van der Waals surface area contributed by atoms with Gasteiger partial charge < -0.3 is 4.74 Å². The number of hydrogen-bond donors (Lipinski definition) is 1. The Labute approximate surface area is 104 Å². The van der Waals surface area contributed by atoms with Crippen LogP contribution >= 0.6 is 23.2 Å². The number of allylic oxidation sites excluding steroid dienone is 1. The molecule has 0 heterocycles. The van der Waals surface area contributed by atoms with Crippen LogP contribution in [0.5, 0.6) is 5.75 Å². The van der Waals surface area contributed by atoms with Gasteiger partial charge in [-0.25, -0.2) is 4.79 Å². The van der Waals surface area contributed by atoms with Crippen LogP contribution < -0.4 is 10.1 Å². The highest BCUT2D eigenvalue weighted by Crippen LogP contribution is 2.23. The third kappa shape index (κ3) is 4.13. The molecule has 86 valence electrons. The number of carbonyl (C=O) groups excluding carboxylic acids is 1. The van der Waals surface area contributed by atoms with Gasteiger partial charge in [0, 0.05) is 11.2 Å². The number of carbonyl (C=O) groups is 1. The van der Waals surface area contributed by atoms with E-state index in [9.17, 15) is 4.79 Å². The Morgan fingerprint density at radius 2 is 2.19 bits per heavy atom. The molecule has 0 aliphatic carbocycles. The predicted molar refractivity (Wildman–Crippen MR) is 64.8 cm³/mol. The average Bonchev–Trinajstić information content (AvgIpc) is 2.29. The number of halogens is 2.